The summed E-state index contributed by atoms with van der Waals surface area (Å²) < 4.78 is 6.23. The number of fused-ring (bicyclic) bond motifs is 2. The molecule has 3 aromatic carbocycles. The van der Waals surface area contributed by atoms with E-state index in [9.17, 15) is 0 Å². The molecule has 0 aliphatic rings. The summed E-state index contributed by atoms with van der Waals surface area (Å²) in [6.07, 6.45) is 9.55. The van der Waals surface area contributed by atoms with Crippen molar-refractivity contribution in [2.45, 2.75) is 45.4 Å². The lowest BCUT2D eigenvalue weighted by Gasteiger charge is -2.13. The van der Waals surface area contributed by atoms with E-state index in [-0.39, 0.29) is 0 Å². The Balaban J connectivity index is 1.79. The van der Waals surface area contributed by atoms with E-state index < -0.39 is 0 Å². The molecule has 0 spiro atoms. The molecule has 25 heavy (non-hydrogen) atoms. The van der Waals surface area contributed by atoms with Crippen molar-refractivity contribution in [3.05, 3.63) is 60.7 Å². The number of ether oxygens (including phenoxy) is 1. The minimum atomic E-state index is 0.777. The summed E-state index contributed by atoms with van der Waals surface area (Å²) in [6, 6.07) is 17.3. The first-order valence-electron chi connectivity index (χ1n) is 9.54. The van der Waals surface area contributed by atoms with Crippen molar-refractivity contribution in [3.63, 3.8) is 0 Å². The van der Waals surface area contributed by atoms with Gasteiger partial charge in [0.15, 0.2) is 0 Å². The molecule has 3 aromatic rings. The molecule has 0 aromatic heterocycles. The molecule has 0 bridgehead atoms. The fourth-order valence-corrected chi connectivity index (χ4v) is 3.38. The van der Waals surface area contributed by atoms with Crippen molar-refractivity contribution in [3.8, 4) is 5.75 Å². The van der Waals surface area contributed by atoms with Gasteiger partial charge in [0.1, 0.15) is 5.75 Å². The van der Waals surface area contributed by atoms with Gasteiger partial charge in [-0.2, -0.15) is 0 Å². The van der Waals surface area contributed by atoms with Gasteiger partial charge in [0.25, 0.3) is 0 Å². The van der Waals surface area contributed by atoms with Crippen LogP contribution in [0.2, 0.25) is 0 Å². The van der Waals surface area contributed by atoms with Crippen molar-refractivity contribution < 1.29 is 4.74 Å². The van der Waals surface area contributed by atoms with Crippen LogP contribution in [0.25, 0.3) is 27.6 Å². The van der Waals surface area contributed by atoms with Crippen LogP contribution in [0.1, 0.15) is 51.0 Å². The van der Waals surface area contributed by atoms with Crippen molar-refractivity contribution in [2.24, 2.45) is 0 Å². The van der Waals surface area contributed by atoms with E-state index in [1.54, 1.807) is 0 Å². The van der Waals surface area contributed by atoms with Crippen LogP contribution in [0, 0.1) is 0 Å². The summed E-state index contributed by atoms with van der Waals surface area (Å²) in [5.74, 6) is 0.979. The molecule has 0 atom stereocenters. The second kappa shape index (κ2) is 8.71. The third-order valence-corrected chi connectivity index (χ3v) is 4.83. The van der Waals surface area contributed by atoms with Crippen molar-refractivity contribution >= 4 is 27.6 Å². The van der Waals surface area contributed by atoms with E-state index in [4.69, 9.17) is 4.74 Å². The highest BCUT2D eigenvalue weighted by Gasteiger charge is 2.08. The lowest BCUT2D eigenvalue weighted by Crippen LogP contribution is -2.00. The van der Waals surface area contributed by atoms with Gasteiger partial charge in [0, 0.05) is 10.9 Å². The second-order valence-corrected chi connectivity index (χ2v) is 6.72. The number of rotatable bonds is 9. The van der Waals surface area contributed by atoms with Gasteiger partial charge in [0.05, 0.1) is 6.61 Å². The third kappa shape index (κ3) is 4.22. The monoisotopic (exact) mass is 332 g/mol. The summed E-state index contributed by atoms with van der Waals surface area (Å²) in [5, 5.41) is 4.92. The van der Waals surface area contributed by atoms with Crippen LogP contribution in [0.5, 0.6) is 5.75 Å². The van der Waals surface area contributed by atoms with Crippen molar-refractivity contribution in [1.82, 2.24) is 0 Å². The molecule has 0 aliphatic heterocycles. The SMILES string of the molecule is C=Cc1ccc2cc3ccccc3cc2c1OCCCCCCCC. The van der Waals surface area contributed by atoms with Gasteiger partial charge >= 0.3 is 0 Å². The van der Waals surface area contributed by atoms with E-state index in [0.717, 1.165) is 24.3 Å². The first-order valence-corrected chi connectivity index (χ1v) is 9.54. The molecule has 0 saturated heterocycles. The molecule has 3 rings (SSSR count). The average Bonchev–Trinajstić information content (AvgIpc) is 2.65. The zero-order chi connectivity index (χ0) is 17.5. The minimum Gasteiger partial charge on any atom is -0.492 e. The lowest BCUT2D eigenvalue weighted by atomic mass is 10.0. The topological polar surface area (TPSA) is 9.23 Å². The molecule has 0 radical (unpaired) electrons. The average molecular weight is 332 g/mol. The lowest BCUT2D eigenvalue weighted by molar-refractivity contribution is 0.307. The molecule has 0 saturated carbocycles. The molecule has 1 nitrogen and oxygen atoms in total. The number of hydrogen-bond acceptors (Lipinski definition) is 1. The molecule has 0 fully saturated rings. The maximum Gasteiger partial charge on any atom is 0.134 e. The maximum absolute atomic E-state index is 6.23. The van der Waals surface area contributed by atoms with Gasteiger partial charge in [-0.25, -0.2) is 0 Å². The Kier molecular flexibility index (Phi) is 6.11. The highest BCUT2D eigenvalue weighted by Crippen LogP contribution is 2.34. The quantitative estimate of drug-likeness (QED) is 0.293. The molecule has 1 heteroatoms. The van der Waals surface area contributed by atoms with E-state index >= 15 is 0 Å². The summed E-state index contributed by atoms with van der Waals surface area (Å²) in [4.78, 5) is 0. The Hall–Kier alpha value is -2.28. The highest BCUT2D eigenvalue weighted by atomic mass is 16.5. The predicted molar refractivity (Wildman–Crippen MR) is 110 cm³/mol. The normalized spacial score (nSPS) is 11.1. The Bertz CT molecular complexity index is 847. The van der Waals surface area contributed by atoms with Crippen LogP contribution < -0.4 is 4.74 Å². The van der Waals surface area contributed by atoms with Gasteiger partial charge in [-0.05, 0) is 34.7 Å². The third-order valence-electron chi connectivity index (χ3n) is 4.83. The van der Waals surface area contributed by atoms with Crippen molar-refractivity contribution in [1.29, 1.82) is 0 Å². The second-order valence-electron chi connectivity index (χ2n) is 6.72. The summed E-state index contributed by atoms with van der Waals surface area (Å²) in [5.41, 5.74) is 1.08. The number of benzene rings is 3. The molecule has 0 amide bonds. The van der Waals surface area contributed by atoms with Gasteiger partial charge < -0.3 is 4.74 Å². The molecular formula is C24H28O. The highest BCUT2D eigenvalue weighted by molar-refractivity contribution is 6.02. The fourth-order valence-electron chi connectivity index (χ4n) is 3.38. The van der Waals surface area contributed by atoms with Crippen LogP contribution in [0.15, 0.2) is 55.1 Å². The van der Waals surface area contributed by atoms with Crippen LogP contribution in [-0.4, -0.2) is 6.61 Å². The van der Waals surface area contributed by atoms with Gasteiger partial charge in [-0.3, -0.25) is 0 Å². The molecule has 0 aliphatic carbocycles. The Morgan fingerprint density at radius 3 is 2.32 bits per heavy atom. The van der Waals surface area contributed by atoms with Crippen molar-refractivity contribution in [2.75, 3.05) is 6.61 Å². The van der Waals surface area contributed by atoms with Crippen LogP contribution in [0.3, 0.4) is 0 Å². The van der Waals surface area contributed by atoms with E-state index in [1.807, 2.05) is 6.08 Å². The van der Waals surface area contributed by atoms with Crippen LogP contribution in [0.4, 0.5) is 0 Å². The van der Waals surface area contributed by atoms with Crippen LogP contribution >= 0.6 is 0 Å². The van der Waals surface area contributed by atoms with E-state index in [2.05, 4.69) is 62.0 Å². The molecule has 0 N–H and O–H groups in total. The zero-order valence-corrected chi connectivity index (χ0v) is 15.3. The van der Waals surface area contributed by atoms with Gasteiger partial charge in [0.2, 0.25) is 0 Å². The van der Waals surface area contributed by atoms with Gasteiger partial charge in [-0.1, -0.05) is 88.1 Å². The summed E-state index contributed by atoms with van der Waals surface area (Å²) in [7, 11) is 0. The van der Waals surface area contributed by atoms with Gasteiger partial charge in [-0.15, -0.1) is 0 Å². The Morgan fingerprint density at radius 2 is 1.56 bits per heavy atom. The predicted octanol–water partition coefficient (Wildman–Crippen LogP) is 7.38. The fraction of sp³-hybridized carbons (Fsp3) is 0.333. The molecular weight excluding hydrogens is 304 g/mol. The first kappa shape index (κ1) is 17.5. The molecule has 0 unspecified atom stereocenters. The molecule has 0 heterocycles. The molecule has 130 valence electrons. The Morgan fingerprint density at radius 1 is 0.840 bits per heavy atom. The van der Waals surface area contributed by atoms with Crippen LogP contribution in [-0.2, 0) is 0 Å². The minimum absolute atomic E-state index is 0.777. The number of hydrogen-bond donors (Lipinski definition) is 0. The Labute approximate surface area is 151 Å². The smallest absolute Gasteiger partial charge is 0.134 e. The van der Waals surface area contributed by atoms with E-state index in [0.29, 0.717) is 0 Å². The number of unbranched alkanes of at least 4 members (excludes halogenated alkanes) is 5. The summed E-state index contributed by atoms with van der Waals surface area (Å²) >= 11 is 0. The largest absolute Gasteiger partial charge is 0.492 e. The standard InChI is InChI=1S/C24H28O/c1-3-5-6-7-8-11-16-25-24-19(4-2)14-15-22-17-20-12-9-10-13-21(20)18-23(22)24/h4,9-10,12-15,17-18H,2-3,5-8,11,16H2,1H3. The zero-order valence-electron chi connectivity index (χ0n) is 15.3. The maximum atomic E-state index is 6.23. The van der Waals surface area contributed by atoms with E-state index in [1.165, 1.54) is 53.6 Å². The first-order chi connectivity index (χ1) is 12.3. The summed E-state index contributed by atoms with van der Waals surface area (Å²) in [6.45, 7) is 6.99.